The van der Waals surface area contributed by atoms with Gasteiger partial charge in [-0.05, 0) is 29.7 Å². The molecule has 0 spiro atoms. The number of amides is 3. The SMILES string of the molecule is CC(C)C(c1ccccc1)N(C)C(=O)Nc1ccc(C(N)=O)c(F)c1. The zero-order valence-electron chi connectivity index (χ0n) is 14.5. The van der Waals surface area contributed by atoms with E-state index in [0.29, 0.717) is 0 Å². The first kappa shape index (κ1) is 18.4. The third kappa shape index (κ3) is 4.35. The van der Waals surface area contributed by atoms with Crippen LogP contribution in [0.25, 0.3) is 0 Å². The van der Waals surface area contributed by atoms with Crippen molar-refractivity contribution in [3.63, 3.8) is 0 Å². The van der Waals surface area contributed by atoms with E-state index >= 15 is 0 Å². The molecule has 0 aliphatic rings. The number of rotatable bonds is 5. The smallest absolute Gasteiger partial charge is 0.322 e. The van der Waals surface area contributed by atoms with Gasteiger partial charge in [0.1, 0.15) is 5.82 Å². The molecule has 0 aromatic heterocycles. The van der Waals surface area contributed by atoms with Gasteiger partial charge < -0.3 is 16.0 Å². The van der Waals surface area contributed by atoms with Crippen molar-refractivity contribution in [2.24, 2.45) is 11.7 Å². The van der Waals surface area contributed by atoms with Gasteiger partial charge in [-0.15, -0.1) is 0 Å². The fourth-order valence-electron chi connectivity index (χ4n) is 2.84. The summed E-state index contributed by atoms with van der Waals surface area (Å²) in [4.78, 5) is 25.2. The number of nitrogens with zero attached hydrogens (tertiary/aromatic N) is 1. The van der Waals surface area contributed by atoms with E-state index in [0.717, 1.165) is 11.6 Å². The highest BCUT2D eigenvalue weighted by atomic mass is 19.1. The number of primary amides is 1. The van der Waals surface area contributed by atoms with Crippen LogP contribution < -0.4 is 11.1 Å². The zero-order chi connectivity index (χ0) is 18.6. The summed E-state index contributed by atoms with van der Waals surface area (Å²) in [5.41, 5.74) is 6.14. The van der Waals surface area contributed by atoms with Crippen LogP contribution in [0.4, 0.5) is 14.9 Å². The van der Waals surface area contributed by atoms with E-state index in [1.165, 1.54) is 12.1 Å². The van der Waals surface area contributed by atoms with Gasteiger partial charge in [0.25, 0.3) is 5.91 Å². The number of nitrogens with one attached hydrogen (secondary N) is 1. The standard InChI is InChI=1S/C19H22FN3O2/c1-12(2)17(13-7-5-4-6-8-13)23(3)19(25)22-14-9-10-15(18(21)24)16(20)11-14/h4-12,17H,1-3H3,(H2,21,24)(H,22,25). The average molecular weight is 343 g/mol. The first-order valence-corrected chi connectivity index (χ1v) is 7.99. The number of carbonyl (C=O) groups excluding carboxylic acids is 2. The first-order valence-electron chi connectivity index (χ1n) is 7.99. The third-order valence-corrected chi connectivity index (χ3v) is 4.00. The van der Waals surface area contributed by atoms with Gasteiger partial charge in [-0.2, -0.15) is 0 Å². The predicted molar refractivity (Wildman–Crippen MR) is 95.7 cm³/mol. The fourth-order valence-corrected chi connectivity index (χ4v) is 2.84. The Hall–Kier alpha value is -2.89. The van der Waals surface area contributed by atoms with Crippen molar-refractivity contribution in [3.8, 4) is 0 Å². The minimum Gasteiger partial charge on any atom is -0.366 e. The molecule has 3 N–H and O–H groups in total. The molecule has 0 fully saturated rings. The molecule has 0 heterocycles. The van der Waals surface area contributed by atoms with Crippen LogP contribution in [0, 0.1) is 11.7 Å². The van der Waals surface area contributed by atoms with E-state index in [1.807, 2.05) is 44.2 Å². The van der Waals surface area contributed by atoms with E-state index in [2.05, 4.69) is 5.32 Å². The van der Waals surface area contributed by atoms with Gasteiger partial charge in [0, 0.05) is 12.7 Å². The van der Waals surface area contributed by atoms with Gasteiger partial charge in [0.05, 0.1) is 11.6 Å². The minimum absolute atomic E-state index is 0.129. The molecule has 0 saturated carbocycles. The van der Waals surface area contributed by atoms with E-state index in [1.54, 1.807) is 11.9 Å². The van der Waals surface area contributed by atoms with Gasteiger partial charge in [-0.1, -0.05) is 44.2 Å². The first-order chi connectivity index (χ1) is 11.8. The second-order valence-corrected chi connectivity index (χ2v) is 6.20. The lowest BCUT2D eigenvalue weighted by Crippen LogP contribution is -2.37. The predicted octanol–water partition coefficient (Wildman–Crippen LogP) is 3.79. The highest BCUT2D eigenvalue weighted by molar-refractivity contribution is 5.94. The highest BCUT2D eigenvalue weighted by Crippen LogP contribution is 2.28. The van der Waals surface area contributed by atoms with Crippen molar-refractivity contribution in [2.75, 3.05) is 12.4 Å². The number of carbonyl (C=O) groups is 2. The molecule has 2 rings (SSSR count). The summed E-state index contributed by atoms with van der Waals surface area (Å²) in [5.74, 6) is -1.43. The van der Waals surface area contributed by atoms with Gasteiger partial charge in [0.2, 0.25) is 0 Å². The topological polar surface area (TPSA) is 75.4 Å². The molecule has 25 heavy (non-hydrogen) atoms. The Morgan fingerprint density at radius 2 is 1.76 bits per heavy atom. The summed E-state index contributed by atoms with van der Waals surface area (Å²) in [5, 5.41) is 2.65. The van der Waals surface area contributed by atoms with Crippen LogP contribution in [0.2, 0.25) is 0 Å². The molecule has 0 aliphatic heterocycles. The zero-order valence-corrected chi connectivity index (χ0v) is 14.5. The molecule has 2 aromatic carbocycles. The van der Waals surface area contributed by atoms with Crippen molar-refractivity contribution in [3.05, 3.63) is 65.5 Å². The number of hydrogen-bond acceptors (Lipinski definition) is 2. The van der Waals surface area contributed by atoms with Crippen LogP contribution in [0.1, 0.15) is 35.8 Å². The number of nitrogens with two attached hydrogens (primary N) is 1. The Morgan fingerprint density at radius 1 is 1.12 bits per heavy atom. The lowest BCUT2D eigenvalue weighted by atomic mass is 9.95. The monoisotopic (exact) mass is 343 g/mol. The van der Waals surface area contributed by atoms with Gasteiger partial charge in [-0.3, -0.25) is 4.79 Å². The number of anilines is 1. The summed E-state index contributed by atoms with van der Waals surface area (Å²) < 4.78 is 13.8. The van der Waals surface area contributed by atoms with Gasteiger partial charge >= 0.3 is 6.03 Å². The molecule has 0 bridgehead atoms. The van der Waals surface area contributed by atoms with Crippen molar-refractivity contribution in [1.29, 1.82) is 0 Å². The molecule has 1 atom stereocenters. The summed E-state index contributed by atoms with van der Waals surface area (Å²) >= 11 is 0. The Balaban J connectivity index is 2.18. The molecule has 0 saturated heterocycles. The quantitative estimate of drug-likeness (QED) is 0.867. The lowest BCUT2D eigenvalue weighted by Gasteiger charge is -2.31. The molecule has 0 radical (unpaired) electrons. The van der Waals surface area contributed by atoms with Crippen molar-refractivity contribution in [1.82, 2.24) is 4.90 Å². The van der Waals surface area contributed by atoms with Crippen LogP contribution in [-0.2, 0) is 0 Å². The molecular weight excluding hydrogens is 321 g/mol. The Bertz CT molecular complexity index is 763. The van der Waals surface area contributed by atoms with Crippen LogP contribution >= 0.6 is 0 Å². The van der Waals surface area contributed by atoms with Crippen molar-refractivity contribution < 1.29 is 14.0 Å². The van der Waals surface area contributed by atoms with E-state index in [4.69, 9.17) is 5.73 Å². The molecule has 5 nitrogen and oxygen atoms in total. The average Bonchev–Trinajstić information content (AvgIpc) is 2.55. The maximum absolute atomic E-state index is 13.8. The Morgan fingerprint density at radius 3 is 2.28 bits per heavy atom. The van der Waals surface area contributed by atoms with Gasteiger partial charge in [-0.25, -0.2) is 9.18 Å². The summed E-state index contributed by atoms with van der Waals surface area (Å²) in [6.45, 7) is 4.06. The molecule has 0 aliphatic carbocycles. The number of halogens is 1. The summed E-state index contributed by atoms with van der Waals surface area (Å²) in [6, 6.07) is 13.0. The molecule has 2 aromatic rings. The van der Waals surface area contributed by atoms with Crippen LogP contribution in [-0.4, -0.2) is 23.9 Å². The minimum atomic E-state index is -0.851. The Kier molecular flexibility index (Phi) is 5.75. The van der Waals surface area contributed by atoms with Gasteiger partial charge in [0.15, 0.2) is 0 Å². The summed E-state index contributed by atoms with van der Waals surface area (Å²) in [7, 11) is 1.70. The molecule has 1 unspecified atom stereocenters. The van der Waals surface area contributed by atoms with Crippen LogP contribution in [0.3, 0.4) is 0 Å². The van der Waals surface area contributed by atoms with Crippen molar-refractivity contribution >= 4 is 17.6 Å². The second-order valence-electron chi connectivity index (χ2n) is 6.20. The third-order valence-electron chi connectivity index (χ3n) is 4.00. The number of benzene rings is 2. The molecule has 132 valence electrons. The van der Waals surface area contributed by atoms with E-state index < -0.39 is 11.7 Å². The Labute approximate surface area is 146 Å². The van der Waals surface area contributed by atoms with Crippen LogP contribution in [0.15, 0.2) is 48.5 Å². The maximum Gasteiger partial charge on any atom is 0.322 e. The molecular formula is C19H22FN3O2. The highest BCUT2D eigenvalue weighted by Gasteiger charge is 2.24. The normalized spacial score (nSPS) is 11.9. The maximum atomic E-state index is 13.8. The van der Waals surface area contributed by atoms with E-state index in [-0.39, 0.29) is 29.2 Å². The molecule has 6 heteroatoms. The number of hydrogen-bond donors (Lipinski definition) is 2. The van der Waals surface area contributed by atoms with Crippen molar-refractivity contribution in [2.45, 2.75) is 19.9 Å². The second kappa shape index (κ2) is 7.79. The summed E-state index contributed by atoms with van der Waals surface area (Å²) in [6.07, 6.45) is 0. The lowest BCUT2D eigenvalue weighted by molar-refractivity contribution is 0.0996. The van der Waals surface area contributed by atoms with Crippen LogP contribution in [0.5, 0.6) is 0 Å². The molecule has 3 amide bonds. The largest absolute Gasteiger partial charge is 0.366 e. The number of urea groups is 1. The fraction of sp³-hybridized carbons (Fsp3) is 0.263. The van der Waals surface area contributed by atoms with E-state index in [9.17, 15) is 14.0 Å².